The molecule has 2 aromatic rings. The van der Waals surface area contributed by atoms with Crippen LogP contribution in [0.1, 0.15) is 29.5 Å². The van der Waals surface area contributed by atoms with E-state index in [1.165, 1.54) is 36.8 Å². The first-order valence-electron chi connectivity index (χ1n) is 7.01. The number of anilines is 1. The number of hydrogen-bond acceptors (Lipinski definition) is 2. The quantitative estimate of drug-likeness (QED) is 0.850. The van der Waals surface area contributed by atoms with Crippen molar-refractivity contribution < 1.29 is 4.74 Å². The Morgan fingerprint density at radius 1 is 1.00 bits per heavy atom. The maximum absolute atomic E-state index is 5.91. The highest BCUT2D eigenvalue weighted by molar-refractivity contribution is 6.33. The minimum absolute atomic E-state index is 0.514. The van der Waals surface area contributed by atoms with Crippen molar-refractivity contribution in [2.75, 3.05) is 5.73 Å². The van der Waals surface area contributed by atoms with E-state index in [-0.39, 0.29) is 0 Å². The molecule has 0 saturated carbocycles. The van der Waals surface area contributed by atoms with Gasteiger partial charge in [-0.15, -0.1) is 0 Å². The van der Waals surface area contributed by atoms with Crippen molar-refractivity contribution in [3.05, 3.63) is 58.1 Å². The summed E-state index contributed by atoms with van der Waals surface area (Å²) in [5, 5.41) is 0.586. The molecule has 0 aliphatic heterocycles. The van der Waals surface area contributed by atoms with Gasteiger partial charge in [-0.3, -0.25) is 0 Å². The number of benzene rings is 2. The third-order valence-electron chi connectivity index (χ3n) is 3.79. The number of nitrogen functional groups attached to an aromatic ring is 1. The normalized spacial score (nSPS) is 13.8. The minimum Gasteiger partial charge on any atom is -0.489 e. The number of rotatable bonds is 3. The van der Waals surface area contributed by atoms with Crippen molar-refractivity contribution in [3.8, 4) is 5.75 Å². The second-order valence-corrected chi connectivity index (χ2v) is 5.69. The van der Waals surface area contributed by atoms with Crippen LogP contribution in [-0.4, -0.2) is 0 Å². The summed E-state index contributed by atoms with van der Waals surface area (Å²) in [7, 11) is 0. The zero-order valence-electron chi connectivity index (χ0n) is 11.4. The molecule has 0 heterocycles. The molecule has 1 aliphatic carbocycles. The van der Waals surface area contributed by atoms with Crippen LogP contribution in [0, 0.1) is 0 Å². The molecule has 104 valence electrons. The topological polar surface area (TPSA) is 35.2 Å². The van der Waals surface area contributed by atoms with Crippen LogP contribution in [0.15, 0.2) is 36.4 Å². The first kappa shape index (κ1) is 13.3. The van der Waals surface area contributed by atoms with E-state index in [4.69, 9.17) is 22.1 Å². The van der Waals surface area contributed by atoms with Gasteiger partial charge >= 0.3 is 0 Å². The van der Waals surface area contributed by atoms with Crippen LogP contribution < -0.4 is 10.5 Å². The predicted octanol–water partition coefficient (Wildman–Crippen LogP) is 4.38. The summed E-state index contributed by atoms with van der Waals surface area (Å²) in [5.74, 6) is 0.930. The second kappa shape index (κ2) is 5.76. The molecule has 3 rings (SSSR count). The molecular formula is C17H18ClNO. The van der Waals surface area contributed by atoms with E-state index < -0.39 is 0 Å². The average molecular weight is 288 g/mol. The Morgan fingerprint density at radius 2 is 1.80 bits per heavy atom. The molecule has 0 radical (unpaired) electrons. The van der Waals surface area contributed by atoms with Gasteiger partial charge in [-0.05, 0) is 66.6 Å². The first-order chi connectivity index (χ1) is 9.72. The van der Waals surface area contributed by atoms with Crippen molar-refractivity contribution in [2.24, 2.45) is 0 Å². The van der Waals surface area contributed by atoms with Gasteiger partial charge in [0.25, 0.3) is 0 Å². The fraction of sp³-hybridized carbons (Fsp3) is 0.294. The summed E-state index contributed by atoms with van der Waals surface area (Å²) in [6.45, 7) is 0.514. The Bertz CT molecular complexity index is 624. The van der Waals surface area contributed by atoms with E-state index in [1.807, 2.05) is 18.2 Å². The van der Waals surface area contributed by atoms with E-state index in [0.717, 1.165) is 11.3 Å². The smallest absolute Gasteiger partial charge is 0.120 e. The van der Waals surface area contributed by atoms with E-state index in [1.54, 1.807) is 0 Å². The highest BCUT2D eigenvalue weighted by atomic mass is 35.5. The predicted molar refractivity (Wildman–Crippen MR) is 83.3 cm³/mol. The van der Waals surface area contributed by atoms with Gasteiger partial charge in [0.1, 0.15) is 12.4 Å². The molecule has 0 amide bonds. The lowest BCUT2D eigenvalue weighted by Gasteiger charge is -2.17. The standard InChI is InChI=1S/C17H18ClNO/c18-16-8-5-12(9-17(16)19)11-20-15-7-6-13-3-1-2-4-14(13)10-15/h5-10H,1-4,11,19H2. The van der Waals surface area contributed by atoms with Gasteiger partial charge in [-0.2, -0.15) is 0 Å². The highest BCUT2D eigenvalue weighted by Gasteiger charge is 2.10. The number of nitrogens with two attached hydrogens (primary N) is 1. The number of ether oxygens (including phenoxy) is 1. The molecule has 0 aromatic heterocycles. The van der Waals surface area contributed by atoms with Gasteiger partial charge in [0.05, 0.1) is 10.7 Å². The summed E-state index contributed by atoms with van der Waals surface area (Å²) >= 11 is 5.91. The maximum Gasteiger partial charge on any atom is 0.120 e. The summed E-state index contributed by atoms with van der Waals surface area (Å²) < 4.78 is 5.85. The van der Waals surface area contributed by atoms with Crippen molar-refractivity contribution in [2.45, 2.75) is 32.3 Å². The van der Waals surface area contributed by atoms with E-state index in [9.17, 15) is 0 Å². The summed E-state index contributed by atoms with van der Waals surface area (Å²) in [4.78, 5) is 0. The fourth-order valence-corrected chi connectivity index (χ4v) is 2.77. The van der Waals surface area contributed by atoms with Gasteiger partial charge in [0.15, 0.2) is 0 Å². The minimum atomic E-state index is 0.514. The molecule has 20 heavy (non-hydrogen) atoms. The van der Waals surface area contributed by atoms with Crippen molar-refractivity contribution in [1.82, 2.24) is 0 Å². The molecule has 0 saturated heterocycles. The van der Waals surface area contributed by atoms with E-state index in [2.05, 4.69) is 18.2 Å². The first-order valence-corrected chi connectivity index (χ1v) is 7.39. The van der Waals surface area contributed by atoms with Crippen LogP contribution in [0.25, 0.3) is 0 Å². The average Bonchev–Trinajstić information content (AvgIpc) is 2.48. The molecule has 0 spiro atoms. The van der Waals surface area contributed by atoms with Crippen LogP contribution in [-0.2, 0) is 19.4 Å². The summed E-state index contributed by atoms with van der Waals surface area (Å²) in [5.41, 5.74) is 10.3. The molecule has 1 aliphatic rings. The second-order valence-electron chi connectivity index (χ2n) is 5.28. The molecule has 2 nitrogen and oxygen atoms in total. The number of fused-ring (bicyclic) bond motifs is 1. The van der Waals surface area contributed by atoms with Gasteiger partial charge in [0, 0.05) is 0 Å². The van der Waals surface area contributed by atoms with Crippen LogP contribution in [0.5, 0.6) is 5.75 Å². The lowest BCUT2D eigenvalue weighted by Crippen LogP contribution is -2.03. The van der Waals surface area contributed by atoms with Crippen LogP contribution in [0.4, 0.5) is 5.69 Å². The molecule has 2 N–H and O–H groups in total. The van der Waals surface area contributed by atoms with Crippen molar-refractivity contribution >= 4 is 17.3 Å². The van der Waals surface area contributed by atoms with Crippen LogP contribution in [0.2, 0.25) is 5.02 Å². The Balaban J connectivity index is 1.70. The van der Waals surface area contributed by atoms with Crippen molar-refractivity contribution in [1.29, 1.82) is 0 Å². The molecule has 0 bridgehead atoms. The van der Waals surface area contributed by atoms with E-state index >= 15 is 0 Å². The summed E-state index contributed by atoms with van der Waals surface area (Å²) in [6, 6.07) is 12.0. The lowest BCUT2D eigenvalue weighted by molar-refractivity contribution is 0.305. The van der Waals surface area contributed by atoms with Gasteiger partial charge in [-0.25, -0.2) is 0 Å². The molecule has 3 heteroatoms. The largest absolute Gasteiger partial charge is 0.489 e. The fourth-order valence-electron chi connectivity index (χ4n) is 2.65. The summed E-state index contributed by atoms with van der Waals surface area (Å²) in [6.07, 6.45) is 4.95. The Labute approximate surface area is 124 Å². The molecule has 0 fully saturated rings. The maximum atomic E-state index is 5.91. The third-order valence-corrected chi connectivity index (χ3v) is 4.13. The van der Waals surface area contributed by atoms with Gasteiger partial charge < -0.3 is 10.5 Å². The van der Waals surface area contributed by atoms with Crippen LogP contribution >= 0.6 is 11.6 Å². The highest BCUT2D eigenvalue weighted by Crippen LogP contribution is 2.26. The third kappa shape index (κ3) is 2.91. The van der Waals surface area contributed by atoms with Crippen LogP contribution in [0.3, 0.4) is 0 Å². The Hall–Kier alpha value is -1.67. The van der Waals surface area contributed by atoms with Gasteiger partial charge in [0.2, 0.25) is 0 Å². The zero-order valence-corrected chi connectivity index (χ0v) is 12.1. The molecular weight excluding hydrogens is 270 g/mol. The van der Waals surface area contributed by atoms with Gasteiger partial charge in [-0.1, -0.05) is 23.7 Å². The Morgan fingerprint density at radius 3 is 2.60 bits per heavy atom. The SMILES string of the molecule is Nc1cc(COc2ccc3c(c2)CCCC3)ccc1Cl. The molecule has 0 unspecified atom stereocenters. The molecule has 0 atom stereocenters. The number of hydrogen-bond donors (Lipinski definition) is 1. The van der Waals surface area contributed by atoms with E-state index in [0.29, 0.717) is 17.3 Å². The lowest BCUT2D eigenvalue weighted by atomic mass is 9.92. The molecule has 2 aromatic carbocycles. The number of halogens is 1. The number of aryl methyl sites for hydroxylation is 2. The Kier molecular flexibility index (Phi) is 3.83. The van der Waals surface area contributed by atoms with Crippen molar-refractivity contribution in [3.63, 3.8) is 0 Å². The zero-order chi connectivity index (χ0) is 13.9. The monoisotopic (exact) mass is 287 g/mol.